The van der Waals surface area contributed by atoms with Gasteiger partial charge in [0.2, 0.25) is 0 Å². The second-order valence-corrected chi connectivity index (χ2v) is 5.93. The lowest BCUT2D eigenvalue weighted by Crippen LogP contribution is -2.44. The molecule has 0 N–H and O–H groups in total. The zero-order valence-electron chi connectivity index (χ0n) is 12.2. The molecule has 2 unspecified atom stereocenters. The quantitative estimate of drug-likeness (QED) is 0.586. The Balaban J connectivity index is 2.02. The lowest BCUT2D eigenvalue weighted by atomic mass is 9.68. The zero-order valence-corrected chi connectivity index (χ0v) is 12.2. The van der Waals surface area contributed by atoms with Crippen LogP contribution in [0.5, 0.6) is 0 Å². The van der Waals surface area contributed by atoms with E-state index >= 15 is 0 Å². The van der Waals surface area contributed by atoms with E-state index in [1.54, 1.807) is 6.08 Å². The lowest BCUT2D eigenvalue weighted by Gasteiger charge is -2.41. The summed E-state index contributed by atoms with van der Waals surface area (Å²) in [6.07, 6.45) is 5.42. The minimum atomic E-state index is -0.719. The van der Waals surface area contributed by atoms with Crippen LogP contribution in [0, 0.1) is 11.3 Å². The van der Waals surface area contributed by atoms with Crippen LogP contribution in [0.15, 0.2) is 24.3 Å². The first-order valence-electron chi connectivity index (χ1n) is 7.27. The highest BCUT2D eigenvalue weighted by atomic mass is 16.7. The summed E-state index contributed by atoms with van der Waals surface area (Å²) < 4.78 is 16.4. The number of esters is 1. The van der Waals surface area contributed by atoms with Crippen LogP contribution in [0.4, 0.5) is 0 Å². The van der Waals surface area contributed by atoms with Crippen molar-refractivity contribution in [2.75, 3.05) is 20.3 Å². The first-order chi connectivity index (χ1) is 10.1. The molecule has 5 heteroatoms. The van der Waals surface area contributed by atoms with Crippen LogP contribution in [0.3, 0.4) is 0 Å². The summed E-state index contributed by atoms with van der Waals surface area (Å²) in [5, 5.41) is 0. The molecule has 3 aliphatic rings. The van der Waals surface area contributed by atoms with Crippen molar-refractivity contribution in [3.05, 3.63) is 24.3 Å². The standard InChI is InChI=1S/C16H20O5/c1-3-5-15-10-16(20-7-8-21-16)6-4-12(15)11(9-13(15)17)14(18)19-2/h3-4,11H,1,5-10H2,2H3. The first-order valence-corrected chi connectivity index (χ1v) is 7.27. The number of hydrogen-bond donors (Lipinski definition) is 0. The van der Waals surface area contributed by atoms with Gasteiger partial charge in [0.15, 0.2) is 5.79 Å². The van der Waals surface area contributed by atoms with Gasteiger partial charge in [-0.2, -0.15) is 0 Å². The fraction of sp³-hybridized carbons (Fsp3) is 0.625. The van der Waals surface area contributed by atoms with E-state index in [1.165, 1.54) is 7.11 Å². The van der Waals surface area contributed by atoms with Crippen molar-refractivity contribution < 1.29 is 23.8 Å². The molecule has 0 aromatic heterocycles. The second-order valence-electron chi connectivity index (χ2n) is 5.93. The van der Waals surface area contributed by atoms with Crippen LogP contribution < -0.4 is 0 Å². The molecule has 1 saturated carbocycles. The van der Waals surface area contributed by atoms with Crippen molar-refractivity contribution in [3.63, 3.8) is 0 Å². The highest BCUT2D eigenvalue weighted by molar-refractivity contribution is 5.98. The van der Waals surface area contributed by atoms with E-state index in [0.29, 0.717) is 32.5 Å². The minimum Gasteiger partial charge on any atom is -0.469 e. The predicted molar refractivity (Wildman–Crippen MR) is 74.3 cm³/mol. The van der Waals surface area contributed by atoms with Crippen LogP contribution in [-0.4, -0.2) is 37.9 Å². The Morgan fingerprint density at radius 3 is 2.86 bits per heavy atom. The smallest absolute Gasteiger partial charge is 0.313 e. The van der Waals surface area contributed by atoms with Crippen molar-refractivity contribution in [1.29, 1.82) is 0 Å². The fourth-order valence-corrected chi connectivity index (χ4v) is 3.94. The van der Waals surface area contributed by atoms with E-state index < -0.39 is 17.1 Å². The summed E-state index contributed by atoms with van der Waals surface area (Å²) in [6.45, 7) is 4.86. The van der Waals surface area contributed by atoms with Crippen LogP contribution in [0.25, 0.3) is 0 Å². The van der Waals surface area contributed by atoms with Gasteiger partial charge < -0.3 is 14.2 Å². The van der Waals surface area contributed by atoms with Crippen molar-refractivity contribution in [1.82, 2.24) is 0 Å². The van der Waals surface area contributed by atoms with Gasteiger partial charge in [-0.3, -0.25) is 9.59 Å². The van der Waals surface area contributed by atoms with E-state index in [9.17, 15) is 9.59 Å². The molecule has 1 spiro atoms. The first kappa shape index (κ1) is 14.5. The summed E-state index contributed by atoms with van der Waals surface area (Å²) in [5.41, 5.74) is 0.146. The maximum Gasteiger partial charge on any atom is 0.313 e. The van der Waals surface area contributed by atoms with Crippen LogP contribution in [-0.2, 0) is 23.8 Å². The molecular weight excluding hydrogens is 272 g/mol. The van der Waals surface area contributed by atoms with Gasteiger partial charge >= 0.3 is 5.97 Å². The second kappa shape index (κ2) is 5.07. The highest BCUT2D eigenvalue weighted by Gasteiger charge is 2.59. The van der Waals surface area contributed by atoms with Gasteiger partial charge in [0.25, 0.3) is 0 Å². The Morgan fingerprint density at radius 2 is 2.24 bits per heavy atom. The van der Waals surface area contributed by atoms with E-state index in [-0.39, 0.29) is 18.2 Å². The maximum absolute atomic E-state index is 12.7. The molecule has 2 fully saturated rings. The Morgan fingerprint density at radius 1 is 1.52 bits per heavy atom. The molecule has 0 bridgehead atoms. The molecule has 0 aromatic rings. The minimum absolute atomic E-state index is 0.0576. The number of hydrogen-bond acceptors (Lipinski definition) is 5. The van der Waals surface area contributed by atoms with Crippen molar-refractivity contribution >= 4 is 11.8 Å². The number of methoxy groups -OCH3 is 1. The molecule has 1 saturated heterocycles. The van der Waals surface area contributed by atoms with Crippen LogP contribution in [0.1, 0.15) is 25.7 Å². The Bertz CT molecular complexity index is 515. The van der Waals surface area contributed by atoms with Crippen molar-refractivity contribution in [3.8, 4) is 0 Å². The monoisotopic (exact) mass is 292 g/mol. The summed E-state index contributed by atoms with van der Waals surface area (Å²) in [7, 11) is 1.36. The van der Waals surface area contributed by atoms with Gasteiger partial charge in [-0.1, -0.05) is 12.2 Å². The molecule has 5 nitrogen and oxygen atoms in total. The number of carbonyl (C=O) groups excluding carboxylic acids is 2. The molecule has 0 radical (unpaired) electrons. The van der Waals surface area contributed by atoms with Crippen LogP contribution in [0.2, 0.25) is 0 Å². The van der Waals surface area contributed by atoms with Crippen molar-refractivity contribution in [2.24, 2.45) is 11.3 Å². The number of rotatable bonds is 3. The topological polar surface area (TPSA) is 61.8 Å². The molecule has 21 heavy (non-hydrogen) atoms. The van der Waals surface area contributed by atoms with Gasteiger partial charge in [-0.25, -0.2) is 0 Å². The van der Waals surface area contributed by atoms with Gasteiger partial charge in [0, 0.05) is 19.3 Å². The van der Waals surface area contributed by atoms with Gasteiger partial charge in [0.1, 0.15) is 5.78 Å². The molecule has 1 heterocycles. The summed E-state index contributed by atoms with van der Waals surface area (Å²) >= 11 is 0. The van der Waals surface area contributed by atoms with Gasteiger partial charge in [0.05, 0.1) is 31.7 Å². The molecule has 2 aliphatic carbocycles. The number of ether oxygens (including phenoxy) is 3. The fourth-order valence-electron chi connectivity index (χ4n) is 3.94. The third kappa shape index (κ3) is 2.07. The number of ketones is 1. The maximum atomic E-state index is 12.7. The summed E-state index contributed by atoms with van der Waals surface area (Å²) in [4.78, 5) is 24.7. The predicted octanol–water partition coefficient (Wildman–Crippen LogP) is 1.77. The average molecular weight is 292 g/mol. The number of allylic oxidation sites excluding steroid dienone is 1. The largest absolute Gasteiger partial charge is 0.469 e. The van der Waals surface area contributed by atoms with Crippen LogP contribution >= 0.6 is 0 Å². The summed E-state index contributed by atoms with van der Waals surface area (Å²) in [6, 6.07) is 0. The Hall–Kier alpha value is -1.46. The van der Waals surface area contributed by atoms with E-state index in [1.807, 2.05) is 6.08 Å². The normalized spacial score (nSPS) is 33.7. The van der Waals surface area contributed by atoms with E-state index in [2.05, 4.69) is 6.58 Å². The third-order valence-corrected chi connectivity index (χ3v) is 4.85. The van der Waals surface area contributed by atoms with Gasteiger partial charge in [-0.15, -0.1) is 6.58 Å². The number of Topliss-reactive ketones (excluding diaryl/α,β-unsaturated/α-hetero) is 1. The van der Waals surface area contributed by atoms with E-state index in [0.717, 1.165) is 5.57 Å². The molecule has 1 aliphatic heterocycles. The highest BCUT2D eigenvalue weighted by Crippen LogP contribution is 2.56. The molecule has 3 rings (SSSR count). The number of carbonyl (C=O) groups is 2. The number of fused-ring (bicyclic) bond motifs is 1. The molecular formula is C16H20O5. The van der Waals surface area contributed by atoms with Crippen molar-refractivity contribution in [2.45, 2.75) is 31.5 Å². The molecule has 0 amide bonds. The zero-order chi connectivity index (χ0) is 15.1. The Labute approximate surface area is 123 Å². The average Bonchev–Trinajstić information content (AvgIpc) is 3.03. The lowest BCUT2D eigenvalue weighted by molar-refractivity contribution is -0.181. The molecule has 114 valence electrons. The molecule has 2 atom stereocenters. The molecule has 0 aromatic carbocycles. The van der Waals surface area contributed by atoms with Gasteiger partial charge in [-0.05, 0) is 12.0 Å². The Kier molecular flexibility index (Phi) is 3.50. The van der Waals surface area contributed by atoms with E-state index in [4.69, 9.17) is 14.2 Å². The SMILES string of the molecule is C=CCC12CC3(CC=C1C(C(=O)OC)CC2=O)OCCO3. The summed E-state index contributed by atoms with van der Waals surface area (Å²) in [5.74, 6) is -1.47. The third-order valence-electron chi connectivity index (χ3n) is 4.85.